The number of carbonyl (C=O) groups is 2. The number of nitrogens with one attached hydrogen (secondary N) is 1. The van der Waals surface area contributed by atoms with Crippen LogP contribution in [-0.2, 0) is 16.1 Å². The first-order valence-electron chi connectivity index (χ1n) is 8.05. The largest absolute Gasteiger partial charge is 0.320 e. The summed E-state index contributed by atoms with van der Waals surface area (Å²) >= 11 is 2.38. The van der Waals surface area contributed by atoms with Crippen molar-refractivity contribution in [2.75, 3.05) is 11.5 Å². The van der Waals surface area contributed by atoms with Gasteiger partial charge in [0, 0.05) is 11.9 Å². The van der Waals surface area contributed by atoms with Gasteiger partial charge in [0.25, 0.3) is 5.91 Å². The summed E-state index contributed by atoms with van der Waals surface area (Å²) in [6, 6.07) is 7.89. The van der Waals surface area contributed by atoms with Crippen molar-refractivity contribution in [2.45, 2.75) is 11.7 Å². The molecule has 0 radical (unpaired) electrons. The minimum absolute atomic E-state index is 0.0643. The van der Waals surface area contributed by atoms with E-state index in [9.17, 15) is 9.59 Å². The fraction of sp³-hybridized carbons (Fsp3) is 0.176. The number of para-hydroxylation sites is 1. The lowest BCUT2D eigenvalue weighted by atomic mass is 10.2. The molecular weight excluding hydrogens is 384 g/mol. The van der Waals surface area contributed by atoms with Crippen molar-refractivity contribution >= 4 is 62.6 Å². The van der Waals surface area contributed by atoms with Crippen molar-refractivity contribution in [3.63, 3.8) is 0 Å². The number of aromatic nitrogens is 4. The molecule has 1 aromatic carbocycles. The van der Waals surface area contributed by atoms with Crippen molar-refractivity contribution in [3.8, 4) is 0 Å². The van der Waals surface area contributed by atoms with Gasteiger partial charge >= 0.3 is 0 Å². The molecule has 10 heteroatoms. The molecule has 0 atom stereocenters. The molecular formula is C17H14N6O2S2. The molecule has 0 spiro atoms. The SMILES string of the molecule is C=CCn1c2ccccc2c2nnc(SCC(=O)N=C3NC(=O)CS3)nc21. The minimum Gasteiger partial charge on any atom is -0.320 e. The van der Waals surface area contributed by atoms with Crippen molar-refractivity contribution in [1.82, 2.24) is 25.1 Å². The summed E-state index contributed by atoms with van der Waals surface area (Å²) in [4.78, 5) is 31.6. The van der Waals surface area contributed by atoms with Crippen LogP contribution in [0.5, 0.6) is 0 Å². The van der Waals surface area contributed by atoms with E-state index in [0.717, 1.165) is 22.7 Å². The Kier molecular flexibility index (Phi) is 4.90. The second kappa shape index (κ2) is 7.49. The van der Waals surface area contributed by atoms with E-state index in [1.54, 1.807) is 6.08 Å². The number of allylic oxidation sites excluding steroid dienone is 1. The highest BCUT2D eigenvalue weighted by Gasteiger charge is 2.18. The van der Waals surface area contributed by atoms with Crippen molar-refractivity contribution < 1.29 is 9.59 Å². The van der Waals surface area contributed by atoms with Crippen LogP contribution in [0.1, 0.15) is 0 Å². The molecule has 1 fully saturated rings. The van der Waals surface area contributed by atoms with Gasteiger partial charge in [-0.2, -0.15) is 4.99 Å². The summed E-state index contributed by atoms with van der Waals surface area (Å²) in [7, 11) is 0. The lowest BCUT2D eigenvalue weighted by Crippen LogP contribution is -2.21. The molecule has 136 valence electrons. The van der Waals surface area contributed by atoms with Gasteiger partial charge in [-0.1, -0.05) is 47.8 Å². The number of nitrogens with zero attached hydrogens (tertiary/aromatic N) is 5. The lowest BCUT2D eigenvalue weighted by molar-refractivity contribution is -0.116. The smallest absolute Gasteiger partial charge is 0.258 e. The van der Waals surface area contributed by atoms with Gasteiger partial charge in [0.15, 0.2) is 10.8 Å². The number of aliphatic imine (C=N–C) groups is 1. The average molecular weight is 398 g/mol. The van der Waals surface area contributed by atoms with E-state index in [1.807, 2.05) is 28.8 Å². The van der Waals surface area contributed by atoms with Crippen LogP contribution in [0, 0.1) is 0 Å². The first-order chi connectivity index (χ1) is 13.2. The maximum Gasteiger partial charge on any atom is 0.258 e. The van der Waals surface area contributed by atoms with Gasteiger partial charge in [-0.05, 0) is 6.07 Å². The summed E-state index contributed by atoms with van der Waals surface area (Å²) < 4.78 is 2.02. The minimum atomic E-state index is -0.361. The first-order valence-corrected chi connectivity index (χ1v) is 10.0. The molecule has 2 aromatic heterocycles. The number of amidine groups is 1. The van der Waals surface area contributed by atoms with Crippen molar-refractivity contribution in [3.05, 3.63) is 36.9 Å². The van der Waals surface area contributed by atoms with Gasteiger partial charge in [0.1, 0.15) is 5.52 Å². The molecule has 1 aliphatic heterocycles. The Morgan fingerprint density at radius 3 is 3.04 bits per heavy atom. The standard InChI is InChI=1S/C17H14N6O2S2/c1-2-7-23-11-6-4-3-5-10(11)14-15(23)20-17(22-21-14)27-9-13(25)19-16-18-12(24)8-26-16/h2-6H,1,7-9H2,(H,18,19,24,25). The molecule has 8 nitrogen and oxygen atoms in total. The summed E-state index contributed by atoms with van der Waals surface area (Å²) in [5.41, 5.74) is 2.42. The monoisotopic (exact) mass is 398 g/mol. The van der Waals surface area contributed by atoms with Gasteiger partial charge < -0.3 is 9.88 Å². The normalized spacial score (nSPS) is 15.6. The Labute approximate surface area is 162 Å². The Balaban J connectivity index is 1.59. The molecule has 0 saturated carbocycles. The molecule has 3 heterocycles. The molecule has 0 bridgehead atoms. The zero-order chi connectivity index (χ0) is 18.8. The highest BCUT2D eigenvalue weighted by atomic mass is 32.2. The molecule has 4 rings (SSSR count). The maximum absolute atomic E-state index is 12.0. The Bertz CT molecular complexity index is 1110. The van der Waals surface area contributed by atoms with Crippen LogP contribution in [0.2, 0.25) is 0 Å². The van der Waals surface area contributed by atoms with E-state index in [-0.39, 0.29) is 23.3 Å². The second-order valence-electron chi connectivity index (χ2n) is 5.62. The van der Waals surface area contributed by atoms with Crippen molar-refractivity contribution in [2.24, 2.45) is 4.99 Å². The van der Waals surface area contributed by atoms with Gasteiger partial charge in [-0.15, -0.1) is 16.8 Å². The first kappa shape index (κ1) is 17.7. The number of thioether (sulfide) groups is 2. The second-order valence-corrected chi connectivity index (χ2v) is 7.53. The lowest BCUT2D eigenvalue weighted by Gasteiger charge is -2.03. The fourth-order valence-corrected chi connectivity index (χ4v) is 3.98. The number of fused-ring (bicyclic) bond motifs is 3. The number of rotatable bonds is 5. The van der Waals surface area contributed by atoms with Gasteiger partial charge in [-0.25, -0.2) is 4.98 Å². The molecule has 1 saturated heterocycles. The molecule has 0 unspecified atom stereocenters. The molecule has 0 aliphatic carbocycles. The molecule has 3 aromatic rings. The Morgan fingerprint density at radius 2 is 2.26 bits per heavy atom. The van der Waals surface area contributed by atoms with E-state index in [1.165, 1.54) is 11.8 Å². The highest BCUT2D eigenvalue weighted by molar-refractivity contribution is 8.15. The molecule has 2 amide bonds. The third-order valence-electron chi connectivity index (χ3n) is 3.80. The fourth-order valence-electron chi connectivity index (χ4n) is 2.72. The number of hydrogen-bond acceptors (Lipinski definition) is 7. The third-order valence-corrected chi connectivity index (χ3v) is 5.50. The summed E-state index contributed by atoms with van der Waals surface area (Å²) in [6.45, 7) is 4.40. The third kappa shape index (κ3) is 3.58. The van der Waals surface area contributed by atoms with Crippen LogP contribution in [0.3, 0.4) is 0 Å². The Morgan fingerprint density at radius 1 is 1.41 bits per heavy atom. The Hall–Kier alpha value is -2.72. The van der Waals surface area contributed by atoms with Gasteiger partial charge in [0.05, 0.1) is 17.0 Å². The summed E-state index contributed by atoms with van der Waals surface area (Å²) in [5.74, 6) is -0.154. The van der Waals surface area contributed by atoms with E-state index in [2.05, 4.69) is 32.1 Å². The number of benzene rings is 1. The van der Waals surface area contributed by atoms with Crippen LogP contribution in [0.15, 0.2) is 47.1 Å². The zero-order valence-corrected chi connectivity index (χ0v) is 15.7. The van der Waals surface area contributed by atoms with Crippen molar-refractivity contribution in [1.29, 1.82) is 0 Å². The van der Waals surface area contributed by atoms with Gasteiger partial charge in [0.2, 0.25) is 11.1 Å². The van der Waals surface area contributed by atoms with E-state index in [4.69, 9.17) is 0 Å². The summed E-state index contributed by atoms with van der Waals surface area (Å²) in [5, 5.41) is 12.7. The maximum atomic E-state index is 12.0. The van der Waals surface area contributed by atoms with Crippen LogP contribution >= 0.6 is 23.5 Å². The average Bonchev–Trinajstić information content (AvgIpc) is 3.22. The predicted molar refractivity (Wildman–Crippen MR) is 107 cm³/mol. The molecule has 1 N–H and O–H groups in total. The zero-order valence-electron chi connectivity index (χ0n) is 14.1. The molecule has 27 heavy (non-hydrogen) atoms. The number of carbonyl (C=O) groups excluding carboxylic acids is 2. The van der Waals surface area contributed by atoms with Crippen LogP contribution in [0.4, 0.5) is 0 Å². The van der Waals surface area contributed by atoms with Gasteiger partial charge in [-0.3, -0.25) is 9.59 Å². The topological polar surface area (TPSA) is 102 Å². The summed E-state index contributed by atoms with van der Waals surface area (Å²) in [6.07, 6.45) is 1.80. The van der Waals surface area contributed by atoms with E-state index < -0.39 is 0 Å². The van der Waals surface area contributed by atoms with Crippen LogP contribution < -0.4 is 5.32 Å². The van der Waals surface area contributed by atoms with Crippen LogP contribution in [0.25, 0.3) is 22.1 Å². The van der Waals surface area contributed by atoms with Crippen LogP contribution in [-0.4, -0.2) is 48.2 Å². The highest BCUT2D eigenvalue weighted by Crippen LogP contribution is 2.27. The quantitative estimate of drug-likeness (QED) is 0.518. The number of hydrogen-bond donors (Lipinski definition) is 1. The number of amides is 2. The predicted octanol–water partition coefficient (Wildman–Crippen LogP) is 2.00. The van der Waals surface area contributed by atoms with E-state index >= 15 is 0 Å². The molecule has 1 aliphatic rings. The van der Waals surface area contributed by atoms with E-state index in [0.29, 0.717) is 28.0 Å².